The number of rotatable bonds is 6. The molecule has 30 heavy (non-hydrogen) atoms. The van der Waals surface area contributed by atoms with E-state index in [-0.39, 0.29) is 12.0 Å². The Morgan fingerprint density at radius 1 is 1.17 bits per heavy atom. The first-order valence-electron chi connectivity index (χ1n) is 9.72. The molecular weight excluding hydrogens is 400 g/mol. The zero-order valence-corrected chi connectivity index (χ0v) is 18.1. The minimum Gasteiger partial charge on any atom is -0.485 e. The van der Waals surface area contributed by atoms with Crippen molar-refractivity contribution in [2.45, 2.75) is 24.7 Å². The van der Waals surface area contributed by atoms with E-state index in [2.05, 4.69) is 23.2 Å². The Labute approximate surface area is 180 Å². The number of aryl methyl sites for hydroxylation is 1. The van der Waals surface area contributed by atoms with Crippen LogP contribution < -0.4 is 9.47 Å². The molecule has 4 rings (SSSR count). The Morgan fingerprint density at radius 2 is 1.90 bits per heavy atom. The zero-order chi connectivity index (χ0) is 21.1. The summed E-state index contributed by atoms with van der Waals surface area (Å²) in [5, 5.41) is 9.19. The van der Waals surface area contributed by atoms with Gasteiger partial charge in [-0.3, -0.25) is 4.79 Å². The van der Waals surface area contributed by atoms with Crippen molar-refractivity contribution in [3.05, 3.63) is 65.5 Å². The van der Waals surface area contributed by atoms with Gasteiger partial charge in [-0.1, -0.05) is 48.2 Å². The number of carbonyl (C=O) groups is 1. The number of ether oxygens (including phenoxy) is 2. The maximum Gasteiger partial charge on any atom is 0.233 e. The maximum atomic E-state index is 12.6. The fourth-order valence-electron chi connectivity index (χ4n) is 3.25. The third kappa shape index (κ3) is 4.28. The predicted octanol–water partition coefficient (Wildman–Crippen LogP) is 3.39. The highest BCUT2D eigenvalue weighted by atomic mass is 32.2. The highest BCUT2D eigenvalue weighted by Gasteiger charge is 2.27. The topological polar surface area (TPSA) is 69.5 Å². The van der Waals surface area contributed by atoms with Gasteiger partial charge in [-0.2, -0.15) is 0 Å². The number of benzene rings is 2. The van der Waals surface area contributed by atoms with Gasteiger partial charge < -0.3 is 18.9 Å². The van der Waals surface area contributed by atoms with E-state index >= 15 is 0 Å². The Morgan fingerprint density at radius 3 is 2.70 bits per heavy atom. The number of para-hydroxylation sites is 2. The molecule has 8 heteroatoms. The number of amides is 1. The lowest BCUT2D eigenvalue weighted by atomic mass is 10.1. The van der Waals surface area contributed by atoms with Gasteiger partial charge in [-0.15, -0.1) is 10.2 Å². The monoisotopic (exact) mass is 424 g/mol. The van der Waals surface area contributed by atoms with Crippen molar-refractivity contribution >= 4 is 17.7 Å². The lowest BCUT2D eigenvalue weighted by molar-refractivity contribution is -0.127. The van der Waals surface area contributed by atoms with Crippen LogP contribution in [0.1, 0.15) is 23.1 Å². The zero-order valence-electron chi connectivity index (χ0n) is 17.2. The largest absolute Gasteiger partial charge is 0.485 e. The molecule has 0 saturated heterocycles. The second kappa shape index (κ2) is 8.79. The standard InChI is InChI=1S/C22H24N4O3S/c1-15-8-4-5-9-16(15)12-25(2)20(27)14-30-22-24-23-21(26(22)3)19-13-28-17-10-6-7-11-18(17)29-19/h4-11,19H,12-14H2,1-3H3/t19-/m1/s1. The van der Waals surface area contributed by atoms with E-state index in [1.165, 1.54) is 17.3 Å². The Hall–Kier alpha value is -3.00. The fourth-order valence-corrected chi connectivity index (χ4v) is 4.11. The van der Waals surface area contributed by atoms with Gasteiger partial charge in [0, 0.05) is 20.6 Å². The van der Waals surface area contributed by atoms with Crippen molar-refractivity contribution in [3.8, 4) is 11.5 Å². The first kappa shape index (κ1) is 20.3. The molecule has 0 fully saturated rings. The molecule has 0 bridgehead atoms. The SMILES string of the molecule is Cc1ccccc1CN(C)C(=O)CSc1nnc([C@H]2COc3ccccc3O2)n1C. The highest BCUT2D eigenvalue weighted by Crippen LogP contribution is 2.35. The lowest BCUT2D eigenvalue weighted by Gasteiger charge is -2.25. The number of nitrogens with zero attached hydrogens (tertiary/aromatic N) is 4. The third-order valence-electron chi connectivity index (χ3n) is 5.08. The van der Waals surface area contributed by atoms with Crippen LogP contribution in [-0.2, 0) is 18.4 Å². The van der Waals surface area contributed by atoms with E-state index in [0.717, 1.165) is 11.3 Å². The summed E-state index contributed by atoms with van der Waals surface area (Å²) in [5.41, 5.74) is 2.33. The van der Waals surface area contributed by atoms with Gasteiger partial charge >= 0.3 is 0 Å². The number of hydrogen-bond donors (Lipinski definition) is 0. The van der Waals surface area contributed by atoms with Crippen molar-refractivity contribution < 1.29 is 14.3 Å². The number of aromatic nitrogens is 3. The minimum absolute atomic E-state index is 0.0407. The van der Waals surface area contributed by atoms with Gasteiger partial charge in [0.05, 0.1) is 5.75 Å². The summed E-state index contributed by atoms with van der Waals surface area (Å²) in [5.74, 6) is 2.43. The summed E-state index contributed by atoms with van der Waals surface area (Å²) in [6.45, 7) is 3.01. The molecule has 1 atom stereocenters. The smallest absolute Gasteiger partial charge is 0.233 e. The molecule has 1 aliphatic rings. The number of carbonyl (C=O) groups excluding carboxylic acids is 1. The Bertz CT molecular complexity index is 1050. The van der Waals surface area contributed by atoms with Crippen LogP contribution in [0, 0.1) is 6.92 Å². The summed E-state index contributed by atoms with van der Waals surface area (Å²) >= 11 is 1.37. The lowest BCUT2D eigenvalue weighted by Crippen LogP contribution is -2.28. The molecule has 2 heterocycles. The fraction of sp³-hybridized carbons (Fsp3) is 0.318. The summed E-state index contributed by atoms with van der Waals surface area (Å²) in [7, 11) is 3.70. The number of hydrogen-bond acceptors (Lipinski definition) is 6. The molecule has 0 spiro atoms. The second-order valence-electron chi connectivity index (χ2n) is 7.23. The summed E-state index contributed by atoms with van der Waals surface area (Å²) in [4.78, 5) is 14.3. The molecule has 0 saturated carbocycles. The normalized spacial score (nSPS) is 15.1. The van der Waals surface area contributed by atoms with Crippen LogP contribution in [0.2, 0.25) is 0 Å². The average Bonchev–Trinajstić information content (AvgIpc) is 3.13. The molecule has 0 unspecified atom stereocenters. The van der Waals surface area contributed by atoms with Crippen molar-refractivity contribution in [1.29, 1.82) is 0 Å². The molecule has 1 aromatic heterocycles. The van der Waals surface area contributed by atoms with Crippen LogP contribution in [0.5, 0.6) is 11.5 Å². The summed E-state index contributed by atoms with van der Waals surface area (Å²) < 4.78 is 13.7. The molecule has 0 radical (unpaired) electrons. The molecule has 1 amide bonds. The van der Waals surface area contributed by atoms with Crippen LogP contribution >= 0.6 is 11.8 Å². The van der Waals surface area contributed by atoms with Gasteiger partial charge in [0.15, 0.2) is 28.6 Å². The van der Waals surface area contributed by atoms with Gasteiger partial charge in [-0.25, -0.2) is 0 Å². The molecule has 0 aliphatic carbocycles. The van der Waals surface area contributed by atoms with Crippen LogP contribution in [0.4, 0.5) is 0 Å². The van der Waals surface area contributed by atoms with Crippen LogP contribution in [-0.4, -0.2) is 45.0 Å². The third-order valence-corrected chi connectivity index (χ3v) is 6.09. The van der Waals surface area contributed by atoms with Gasteiger partial charge in [-0.05, 0) is 30.2 Å². The number of fused-ring (bicyclic) bond motifs is 1. The van der Waals surface area contributed by atoms with E-state index in [9.17, 15) is 4.79 Å². The molecule has 0 N–H and O–H groups in total. The van der Waals surface area contributed by atoms with E-state index in [1.807, 2.05) is 61.1 Å². The van der Waals surface area contributed by atoms with Gasteiger partial charge in [0.2, 0.25) is 5.91 Å². The Kier molecular flexibility index (Phi) is 5.94. The van der Waals surface area contributed by atoms with Crippen LogP contribution in [0.15, 0.2) is 53.7 Å². The van der Waals surface area contributed by atoms with Crippen molar-refractivity contribution in [2.75, 3.05) is 19.4 Å². The average molecular weight is 425 g/mol. The first-order chi connectivity index (χ1) is 14.5. The molecule has 3 aromatic rings. The molecule has 1 aliphatic heterocycles. The van der Waals surface area contributed by atoms with Crippen molar-refractivity contribution in [3.63, 3.8) is 0 Å². The number of thioether (sulfide) groups is 1. The molecular formula is C22H24N4O3S. The van der Waals surface area contributed by atoms with Crippen LogP contribution in [0.3, 0.4) is 0 Å². The van der Waals surface area contributed by atoms with Gasteiger partial charge in [0.25, 0.3) is 0 Å². The van der Waals surface area contributed by atoms with Crippen LogP contribution in [0.25, 0.3) is 0 Å². The van der Waals surface area contributed by atoms with E-state index in [1.54, 1.807) is 4.90 Å². The van der Waals surface area contributed by atoms with Crippen molar-refractivity contribution in [2.24, 2.45) is 7.05 Å². The first-order valence-corrected chi connectivity index (χ1v) is 10.7. The molecule has 156 valence electrons. The van der Waals surface area contributed by atoms with Gasteiger partial charge in [0.1, 0.15) is 6.61 Å². The maximum absolute atomic E-state index is 12.6. The minimum atomic E-state index is -0.341. The predicted molar refractivity (Wildman–Crippen MR) is 115 cm³/mol. The Balaban J connectivity index is 1.36. The molecule has 2 aromatic carbocycles. The molecule has 7 nitrogen and oxygen atoms in total. The second-order valence-corrected chi connectivity index (χ2v) is 8.17. The van der Waals surface area contributed by atoms with E-state index in [4.69, 9.17) is 9.47 Å². The summed E-state index contributed by atoms with van der Waals surface area (Å²) in [6, 6.07) is 15.7. The highest BCUT2D eigenvalue weighted by molar-refractivity contribution is 7.99. The summed E-state index contributed by atoms with van der Waals surface area (Å²) in [6.07, 6.45) is -0.341. The van der Waals surface area contributed by atoms with E-state index < -0.39 is 0 Å². The quantitative estimate of drug-likeness (QED) is 0.565. The van der Waals surface area contributed by atoms with E-state index in [0.29, 0.717) is 35.6 Å². The van der Waals surface area contributed by atoms with Crippen molar-refractivity contribution in [1.82, 2.24) is 19.7 Å².